The van der Waals surface area contributed by atoms with Gasteiger partial charge < -0.3 is 16.2 Å². The van der Waals surface area contributed by atoms with Crippen LogP contribution in [0.2, 0.25) is 0 Å². The molecular weight excluding hydrogens is 412 g/mol. The van der Waals surface area contributed by atoms with Crippen molar-refractivity contribution in [2.75, 3.05) is 32.5 Å². The summed E-state index contributed by atoms with van der Waals surface area (Å²) >= 11 is 0. The number of hydrogen-bond donors (Lipinski definition) is 4. The molecule has 1 aliphatic rings. The van der Waals surface area contributed by atoms with Crippen molar-refractivity contribution in [3.05, 3.63) is 71.3 Å². The van der Waals surface area contributed by atoms with E-state index >= 15 is 0 Å². The molecule has 7 heteroatoms. The fourth-order valence-electron chi connectivity index (χ4n) is 4.17. The van der Waals surface area contributed by atoms with Crippen LogP contribution in [0.5, 0.6) is 5.75 Å². The lowest BCUT2D eigenvalue weighted by atomic mass is 9.96. The average molecular weight is 443 g/mol. The van der Waals surface area contributed by atoms with Gasteiger partial charge in [-0.1, -0.05) is 24.6 Å². The number of nitrogens with zero attached hydrogens (tertiary/aromatic N) is 2. The molecule has 6 N–H and O–H groups in total. The Bertz CT molecular complexity index is 1230. The number of nitrogens with two attached hydrogens (primary N) is 2. The fourth-order valence-corrected chi connectivity index (χ4v) is 4.17. The van der Waals surface area contributed by atoms with Crippen LogP contribution in [0.1, 0.15) is 36.0 Å². The molecule has 3 aromatic rings. The monoisotopic (exact) mass is 442 g/mol. The number of benzene rings is 3. The third-order valence-corrected chi connectivity index (χ3v) is 6.02. The summed E-state index contributed by atoms with van der Waals surface area (Å²) < 4.78 is 5.33. The normalized spacial score (nSPS) is 14.9. The van der Waals surface area contributed by atoms with Crippen LogP contribution in [0, 0.1) is 10.8 Å². The first-order valence-electron chi connectivity index (χ1n) is 11.2. The van der Waals surface area contributed by atoms with Crippen molar-refractivity contribution in [1.82, 2.24) is 4.90 Å². The molecule has 4 rings (SSSR count). The first-order valence-corrected chi connectivity index (χ1v) is 11.2. The Labute approximate surface area is 194 Å². The number of fused-ring (bicyclic) bond motifs is 1. The summed E-state index contributed by atoms with van der Waals surface area (Å²) in [6, 6.07) is 16.9. The van der Waals surface area contributed by atoms with E-state index in [1.165, 1.54) is 19.3 Å². The minimum Gasteiger partial charge on any atom is -0.497 e. The number of methoxy groups -OCH3 is 1. The highest BCUT2D eigenvalue weighted by molar-refractivity contribution is 6.16. The summed E-state index contributed by atoms with van der Waals surface area (Å²) in [7, 11) is 1.63. The van der Waals surface area contributed by atoms with Gasteiger partial charge in [0.2, 0.25) is 0 Å². The van der Waals surface area contributed by atoms with Crippen molar-refractivity contribution in [1.29, 1.82) is 10.8 Å². The summed E-state index contributed by atoms with van der Waals surface area (Å²) in [4.78, 5) is 6.59. The summed E-state index contributed by atoms with van der Waals surface area (Å²) in [5.74, 6) is 1.27. The lowest BCUT2D eigenvalue weighted by Gasteiger charge is -2.25. The molecule has 0 spiro atoms. The zero-order chi connectivity index (χ0) is 23.4. The maximum absolute atomic E-state index is 8.79. The highest BCUT2D eigenvalue weighted by Gasteiger charge is 2.14. The number of anilines is 1. The second kappa shape index (κ2) is 9.83. The quantitative estimate of drug-likeness (QED) is 0.261. The number of likely N-dealkylation sites (tertiary alicyclic amines) is 1. The molecule has 0 aromatic heterocycles. The molecule has 0 bridgehead atoms. The van der Waals surface area contributed by atoms with Crippen LogP contribution in [0.25, 0.3) is 10.8 Å². The minimum absolute atomic E-state index is 0.0711. The van der Waals surface area contributed by atoms with Gasteiger partial charge in [0.05, 0.1) is 19.4 Å². The van der Waals surface area contributed by atoms with E-state index in [1.807, 2.05) is 36.4 Å². The number of aliphatic imine (C=N–C) groups is 1. The molecule has 0 aliphatic carbocycles. The van der Waals surface area contributed by atoms with E-state index < -0.39 is 0 Å². The molecule has 170 valence electrons. The van der Waals surface area contributed by atoms with Crippen LogP contribution in [0.4, 0.5) is 5.69 Å². The average Bonchev–Trinajstić information content (AvgIpc) is 2.83. The zero-order valence-electron chi connectivity index (χ0n) is 18.9. The van der Waals surface area contributed by atoms with Gasteiger partial charge >= 0.3 is 0 Å². The summed E-state index contributed by atoms with van der Waals surface area (Å²) in [5.41, 5.74) is 15.0. The Kier molecular flexibility index (Phi) is 6.70. The van der Waals surface area contributed by atoms with Gasteiger partial charge in [-0.3, -0.25) is 15.7 Å². The van der Waals surface area contributed by atoms with Crippen LogP contribution in [-0.4, -0.2) is 49.0 Å². The van der Waals surface area contributed by atoms with E-state index in [9.17, 15) is 0 Å². The number of piperidine rings is 1. The number of rotatable bonds is 6. The van der Waals surface area contributed by atoms with Crippen LogP contribution in [0.15, 0.2) is 59.6 Å². The van der Waals surface area contributed by atoms with Gasteiger partial charge in [0.15, 0.2) is 5.84 Å². The highest BCUT2D eigenvalue weighted by atomic mass is 16.5. The van der Waals surface area contributed by atoms with E-state index in [0.29, 0.717) is 29.2 Å². The molecule has 0 amide bonds. The molecule has 7 nitrogen and oxygen atoms in total. The van der Waals surface area contributed by atoms with E-state index in [1.54, 1.807) is 25.3 Å². The van der Waals surface area contributed by atoms with Crippen molar-refractivity contribution in [3.8, 4) is 5.75 Å². The molecule has 0 unspecified atom stereocenters. The van der Waals surface area contributed by atoms with Gasteiger partial charge in [-0.05, 0) is 73.1 Å². The van der Waals surface area contributed by atoms with E-state index in [2.05, 4.69) is 9.89 Å². The maximum atomic E-state index is 8.79. The predicted molar refractivity (Wildman–Crippen MR) is 136 cm³/mol. The summed E-state index contributed by atoms with van der Waals surface area (Å²) in [6.45, 7) is 2.61. The highest BCUT2D eigenvalue weighted by Crippen LogP contribution is 2.25. The van der Waals surface area contributed by atoms with E-state index in [0.717, 1.165) is 35.2 Å². The third-order valence-electron chi connectivity index (χ3n) is 6.02. The van der Waals surface area contributed by atoms with Crippen molar-refractivity contribution < 1.29 is 4.74 Å². The molecule has 3 aromatic carbocycles. The van der Waals surface area contributed by atoms with Crippen LogP contribution in [0.3, 0.4) is 0 Å². The topological polar surface area (TPSA) is 125 Å². The van der Waals surface area contributed by atoms with Gasteiger partial charge in [0.1, 0.15) is 11.6 Å². The van der Waals surface area contributed by atoms with Crippen molar-refractivity contribution in [2.45, 2.75) is 19.3 Å². The van der Waals surface area contributed by atoms with Crippen LogP contribution in [-0.2, 0) is 0 Å². The number of hydrogen-bond acceptors (Lipinski definition) is 5. The predicted octanol–water partition coefficient (Wildman–Crippen LogP) is 4.02. The maximum Gasteiger partial charge on any atom is 0.153 e. The van der Waals surface area contributed by atoms with Crippen LogP contribution >= 0.6 is 0 Å². The Morgan fingerprint density at radius 3 is 2.42 bits per heavy atom. The Morgan fingerprint density at radius 1 is 0.939 bits per heavy atom. The molecule has 33 heavy (non-hydrogen) atoms. The summed E-state index contributed by atoms with van der Waals surface area (Å²) in [5, 5.41) is 19.3. The van der Waals surface area contributed by atoms with Crippen molar-refractivity contribution in [2.24, 2.45) is 10.7 Å². The lowest BCUT2D eigenvalue weighted by molar-refractivity contribution is 0.258. The number of ether oxygens (including phenoxy) is 1. The second-order valence-corrected chi connectivity index (χ2v) is 8.39. The summed E-state index contributed by atoms with van der Waals surface area (Å²) in [6.07, 6.45) is 3.61. The van der Waals surface area contributed by atoms with Gasteiger partial charge in [-0.15, -0.1) is 0 Å². The fraction of sp³-hybridized carbons (Fsp3) is 0.269. The molecular formula is C26H30N6O. The van der Waals surface area contributed by atoms with Crippen LogP contribution < -0.4 is 16.2 Å². The third kappa shape index (κ3) is 5.21. The smallest absolute Gasteiger partial charge is 0.153 e. The van der Waals surface area contributed by atoms with E-state index in [4.69, 9.17) is 27.0 Å². The Balaban J connectivity index is 1.57. The number of nitrogens with one attached hydrogen (secondary N) is 2. The van der Waals surface area contributed by atoms with Crippen molar-refractivity contribution in [3.63, 3.8) is 0 Å². The number of amidine groups is 2. The van der Waals surface area contributed by atoms with Crippen molar-refractivity contribution >= 4 is 33.8 Å². The number of nitrogen functional groups attached to an aromatic ring is 1. The molecule has 1 fully saturated rings. The molecule has 1 heterocycles. The lowest BCUT2D eigenvalue weighted by Crippen LogP contribution is -2.37. The SMILES string of the molecule is COc1ccc2ccc(C(=N)c3cc(C(=N)N=C(N)CN4CCCCC4)ccc3N)cc2c1. The molecule has 0 saturated carbocycles. The second-order valence-electron chi connectivity index (χ2n) is 8.39. The standard InChI is InChI=1S/C26H30N6O/c1-33-21-9-7-17-5-6-18(13-20(17)14-21)25(29)22-15-19(8-10-23(22)27)26(30)31-24(28)16-32-11-3-2-4-12-32/h5-10,13-15,29H,2-4,11-12,16,27H2,1H3,(H3,28,30,31). The molecule has 1 saturated heterocycles. The van der Waals surface area contributed by atoms with Gasteiger partial charge in [-0.25, -0.2) is 4.99 Å². The van der Waals surface area contributed by atoms with Gasteiger partial charge in [-0.2, -0.15) is 0 Å². The Morgan fingerprint density at radius 2 is 1.67 bits per heavy atom. The first-order chi connectivity index (χ1) is 15.9. The largest absolute Gasteiger partial charge is 0.497 e. The molecule has 0 atom stereocenters. The Hall–Kier alpha value is -3.71. The van der Waals surface area contributed by atoms with Gasteiger partial charge in [0.25, 0.3) is 0 Å². The zero-order valence-corrected chi connectivity index (χ0v) is 18.9. The molecule has 1 aliphatic heterocycles. The first kappa shape index (κ1) is 22.5. The minimum atomic E-state index is 0.0711. The van der Waals surface area contributed by atoms with E-state index in [-0.39, 0.29) is 11.5 Å². The molecule has 0 radical (unpaired) electrons. The van der Waals surface area contributed by atoms with Gasteiger partial charge in [0, 0.05) is 22.4 Å².